The van der Waals surface area contributed by atoms with Crippen molar-refractivity contribution in [2.45, 2.75) is 26.8 Å². The van der Waals surface area contributed by atoms with Gasteiger partial charge < -0.3 is 11.1 Å². The first-order chi connectivity index (χ1) is 12.0. The van der Waals surface area contributed by atoms with Gasteiger partial charge >= 0.3 is 0 Å². The van der Waals surface area contributed by atoms with Gasteiger partial charge in [0.25, 0.3) is 5.91 Å². The summed E-state index contributed by atoms with van der Waals surface area (Å²) in [7, 11) is 0. The van der Waals surface area contributed by atoms with Crippen molar-refractivity contribution in [3.63, 3.8) is 0 Å². The summed E-state index contributed by atoms with van der Waals surface area (Å²) >= 11 is 0. The minimum atomic E-state index is -0.0659. The van der Waals surface area contributed by atoms with Gasteiger partial charge in [0.05, 0.1) is 0 Å². The second kappa shape index (κ2) is 8.62. The Morgan fingerprint density at radius 3 is 1.84 bits per heavy atom. The molecule has 3 nitrogen and oxygen atoms in total. The molecule has 0 spiro atoms. The molecule has 2 rings (SSSR count). The Kier molecular flexibility index (Phi) is 6.26. The van der Waals surface area contributed by atoms with E-state index in [1.165, 1.54) is 0 Å². The Morgan fingerprint density at radius 1 is 0.880 bits per heavy atom. The average Bonchev–Trinajstić information content (AvgIpc) is 2.60. The normalized spacial score (nSPS) is 10.9. The van der Waals surface area contributed by atoms with E-state index in [9.17, 15) is 4.79 Å². The van der Waals surface area contributed by atoms with Crippen molar-refractivity contribution in [3.05, 3.63) is 65.2 Å². The molecule has 0 fully saturated rings. The highest BCUT2D eigenvalue weighted by molar-refractivity contribution is 5.94. The molecule has 0 bridgehead atoms. The average molecular weight is 330 g/mol. The van der Waals surface area contributed by atoms with Gasteiger partial charge in [0, 0.05) is 28.4 Å². The number of nitrogens with two attached hydrogens (primary N) is 1. The van der Waals surface area contributed by atoms with E-state index in [0.29, 0.717) is 17.2 Å². The molecular formula is C22H22N2O. The van der Waals surface area contributed by atoms with Crippen LogP contribution in [0.5, 0.6) is 0 Å². The summed E-state index contributed by atoms with van der Waals surface area (Å²) in [5.41, 5.74) is 8.66. The number of anilines is 1. The lowest BCUT2D eigenvalue weighted by Gasteiger charge is -2.17. The van der Waals surface area contributed by atoms with Crippen LogP contribution in [0.2, 0.25) is 0 Å². The second-order valence-corrected chi connectivity index (χ2v) is 6.21. The number of rotatable bonds is 3. The van der Waals surface area contributed by atoms with E-state index in [-0.39, 0.29) is 11.9 Å². The minimum Gasteiger partial charge on any atom is -0.399 e. The highest BCUT2D eigenvalue weighted by Crippen LogP contribution is 2.06. The Balaban J connectivity index is 1.99. The molecule has 1 unspecified atom stereocenters. The van der Waals surface area contributed by atoms with Gasteiger partial charge in [0.2, 0.25) is 0 Å². The Bertz CT molecular complexity index is 841. The standard InChI is InChI=1S/C22H22N2O/c1-16(2)17(3)24-22(25)20-12-8-18(9-13-20)6-4-5-7-19-10-14-21(23)15-11-19/h8-17H,23H2,1-3H3,(H,24,25). The maximum Gasteiger partial charge on any atom is 0.251 e. The van der Waals surface area contributed by atoms with Crippen LogP contribution < -0.4 is 11.1 Å². The molecule has 126 valence electrons. The van der Waals surface area contributed by atoms with Crippen LogP contribution in [-0.2, 0) is 0 Å². The molecule has 25 heavy (non-hydrogen) atoms. The van der Waals surface area contributed by atoms with E-state index >= 15 is 0 Å². The second-order valence-electron chi connectivity index (χ2n) is 6.21. The number of hydrogen-bond donors (Lipinski definition) is 2. The molecule has 2 aromatic rings. The number of benzene rings is 2. The van der Waals surface area contributed by atoms with Crippen molar-refractivity contribution in [2.75, 3.05) is 5.73 Å². The number of nitrogens with one attached hydrogen (secondary N) is 1. The zero-order chi connectivity index (χ0) is 18.2. The molecule has 0 saturated heterocycles. The molecular weight excluding hydrogens is 308 g/mol. The first-order valence-electron chi connectivity index (χ1n) is 8.24. The number of carbonyl (C=O) groups is 1. The van der Waals surface area contributed by atoms with E-state index < -0.39 is 0 Å². The zero-order valence-electron chi connectivity index (χ0n) is 14.8. The first-order valence-corrected chi connectivity index (χ1v) is 8.24. The van der Waals surface area contributed by atoms with Gasteiger partial charge in [-0.1, -0.05) is 25.7 Å². The summed E-state index contributed by atoms with van der Waals surface area (Å²) < 4.78 is 0. The fourth-order valence-electron chi connectivity index (χ4n) is 1.94. The van der Waals surface area contributed by atoms with Crippen LogP contribution in [-0.4, -0.2) is 11.9 Å². The maximum atomic E-state index is 12.1. The van der Waals surface area contributed by atoms with Crippen molar-refractivity contribution in [1.82, 2.24) is 5.32 Å². The maximum absolute atomic E-state index is 12.1. The summed E-state index contributed by atoms with van der Waals surface area (Å²) in [6.07, 6.45) is 0. The van der Waals surface area contributed by atoms with Gasteiger partial charge in [0.1, 0.15) is 0 Å². The van der Waals surface area contributed by atoms with Gasteiger partial charge in [-0.2, -0.15) is 0 Å². The molecule has 1 atom stereocenters. The van der Waals surface area contributed by atoms with Crippen molar-refractivity contribution in [2.24, 2.45) is 5.92 Å². The van der Waals surface area contributed by atoms with Crippen LogP contribution in [0.1, 0.15) is 42.3 Å². The van der Waals surface area contributed by atoms with Crippen LogP contribution in [0.25, 0.3) is 0 Å². The lowest BCUT2D eigenvalue weighted by Crippen LogP contribution is -2.36. The van der Waals surface area contributed by atoms with Crippen molar-refractivity contribution in [1.29, 1.82) is 0 Å². The van der Waals surface area contributed by atoms with Crippen LogP contribution in [0.4, 0.5) is 5.69 Å². The Morgan fingerprint density at radius 2 is 1.36 bits per heavy atom. The quantitative estimate of drug-likeness (QED) is 0.669. The third-order valence-electron chi connectivity index (χ3n) is 3.89. The van der Waals surface area contributed by atoms with Gasteiger partial charge in [-0.25, -0.2) is 0 Å². The summed E-state index contributed by atoms with van der Waals surface area (Å²) in [5.74, 6) is 11.9. The topological polar surface area (TPSA) is 55.1 Å². The van der Waals surface area contributed by atoms with Crippen LogP contribution in [0.15, 0.2) is 48.5 Å². The highest BCUT2D eigenvalue weighted by atomic mass is 16.1. The molecule has 0 aliphatic heterocycles. The molecule has 0 aliphatic rings. The van der Waals surface area contributed by atoms with Crippen molar-refractivity contribution < 1.29 is 4.79 Å². The summed E-state index contributed by atoms with van der Waals surface area (Å²) in [6, 6.07) is 14.7. The lowest BCUT2D eigenvalue weighted by atomic mass is 10.1. The molecule has 0 heterocycles. The van der Waals surface area contributed by atoms with Crippen LogP contribution >= 0.6 is 0 Å². The third-order valence-corrected chi connectivity index (χ3v) is 3.89. The Hall–Kier alpha value is -3.17. The van der Waals surface area contributed by atoms with E-state index in [1.807, 2.05) is 31.2 Å². The smallest absolute Gasteiger partial charge is 0.251 e. The van der Waals surface area contributed by atoms with Gasteiger partial charge in [-0.15, -0.1) is 0 Å². The van der Waals surface area contributed by atoms with E-state index in [1.54, 1.807) is 24.3 Å². The summed E-state index contributed by atoms with van der Waals surface area (Å²) in [6.45, 7) is 6.16. The first kappa shape index (κ1) is 18.2. The van der Waals surface area contributed by atoms with Gasteiger partial charge in [0.15, 0.2) is 0 Å². The third kappa shape index (κ3) is 5.75. The van der Waals surface area contributed by atoms with Crippen molar-refractivity contribution >= 4 is 11.6 Å². The van der Waals surface area contributed by atoms with Crippen LogP contribution in [0.3, 0.4) is 0 Å². The summed E-state index contributed by atoms with van der Waals surface area (Å²) in [5, 5.41) is 2.98. The number of hydrogen-bond acceptors (Lipinski definition) is 2. The predicted molar refractivity (Wildman–Crippen MR) is 103 cm³/mol. The molecule has 1 amide bonds. The molecule has 2 aromatic carbocycles. The van der Waals surface area contributed by atoms with E-state index in [2.05, 4.69) is 42.8 Å². The predicted octanol–water partition coefficient (Wildman–Crippen LogP) is 3.45. The largest absolute Gasteiger partial charge is 0.399 e. The molecule has 0 aromatic heterocycles. The summed E-state index contributed by atoms with van der Waals surface area (Å²) in [4.78, 5) is 12.1. The molecule has 0 radical (unpaired) electrons. The molecule has 0 saturated carbocycles. The van der Waals surface area contributed by atoms with Crippen LogP contribution in [0, 0.1) is 29.6 Å². The van der Waals surface area contributed by atoms with Crippen molar-refractivity contribution in [3.8, 4) is 23.7 Å². The zero-order valence-corrected chi connectivity index (χ0v) is 14.8. The Labute approximate surface area is 149 Å². The molecule has 3 heteroatoms. The monoisotopic (exact) mass is 330 g/mol. The fraction of sp³-hybridized carbons (Fsp3) is 0.227. The number of amides is 1. The fourth-order valence-corrected chi connectivity index (χ4v) is 1.94. The van der Waals surface area contributed by atoms with E-state index in [4.69, 9.17) is 5.73 Å². The lowest BCUT2D eigenvalue weighted by molar-refractivity contribution is 0.0930. The molecule has 0 aliphatic carbocycles. The SMILES string of the molecule is CC(C)C(C)NC(=O)c1ccc(C#CC#Cc2ccc(N)cc2)cc1. The number of carbonyl (C=O) groups excluding carboxylic acids is 1. The van der Waals surface area contributed by atoms with Gasteiger partial charge in [-0.05, 0) is 73.2 Å². The van der Waals surface area contributed by atoms with Gasteiger partial charge in [-0.3, -0.25) is 4.79 Å². The highest BCUT2D eigenvalue weighted by Gasteiger charge is 2.11. The number of nitrogen functional groups attached to an aromatic ring is 1. The van der Waals surface area contributed by atoms with E-state index in [0.717, 1.165) is 11.1 Å². The molecule has 3 N–H and O–H groups in total. The minimum absolute atomic E-state index is 0.0659.